The quantitative estimate of drug-likeness (QED) is 0.402. The summed E-state index contributed by atoms with van der Waals surface area (Å²) in [5.41, 5.74) is 8.09. The van der Waals surface area contributed by atoms with Crippen LogP contribution in [0, 0.1) is 5.92 Å². The summed E-state index contributed by atoms with van der Waals surface area (Å²) >= 11 is 1.37. The van der Waals surface area contributed by atoms with E-state index in [0.29, 0.717) is 37.7 Å². The summed E-state index contributed by atoms with van der Waals surface area (Å²) < 4.78 is 19.1. The lowest BCUT2D eigenvalue weighted by atomic mass is 9.98. The van der Waals surface area contributed by atoms with Crippen LogP contribution in [0.15, 0.2) is 54.6 Å². The number of nitrogens with zero attached hydrogens (tertiary/aromatic N) is 3. The van der Waals surface area contributed by atoms with Crippen LogP contribution in [0.4, 0.5) is 4.39 Å². The molecule has 4 rings (SSSR count). The Morgan fingerprint density at radius 1 is 1.06 bits per heavy atom. The average Bonchev–Trinajstić information content (AvgIpc) is 3.28. The summed E-state index contributed by atoms with van der Waals surface area (Å²) in [4.78, 5) is 34.8. The van der Waals surface area contributed by atoms with Gasteiger partial charge in [0.1, 0.15) is 18.3 Å². The Labute approximate surface area is 196 Å². The Balaban J connectivity index is 1.54. The van der Waals surface area contributed by atoms with Gasteiger partial charge in [-0.3, -0.25) is 14.5 Å². The van der Waals surface area contributed by atoms with E-state index in [1.54, 1.807) is 4.90 Å². The van der Waals surface area contributed by atoms with Crippen molar-refractivity contribution in [3.63, 3.8) is 0 Å². The number of hydrogen-bond donors (Lipinski definition) is 1. The molecule has 1 fully saturated rings. The number of piperazine rings is 1. The zero-order valence-corrected chi connectivity index (χ0v) is 19.0. The first kappa shape index (κ1) is 23.3. The number of benzene rings is 2. The summed E-state index contributed by atoms with van der Waals surface area (Å²) in [6, 6.07) is 15.9. The summed E-state index contributed by atoms with van der Waals surface area (Å²) in [7, 11) is 0. The van der Waals surface area contributed by atoms with Gasteiger partial charge in [-0.1, -0.05) is 42.5 Å². The Morgan fingerprint density at radius 2 is 1.76 bits per heavy atom. The van der Waals surface area contributed by atoms with Crippen molar-refractivity contribution in [2.45, 2.75) is 12.6 Å². The minimum absolute atomic E-state index is 0.0558. The number of para-hydroxylation sites is 1. The van der Waals surface area contributed by atoms with Crippen molar-refractivity contribution in [1.29, 1.82) is 0 Å². The minimum atomic E-state index is -1.21. The number of esters is 1. The second-order valence-electron chi connectivity index (χ2n) is 7.97. The van der Waals surface area contributed by atoms with Crippen LogP contribution < -0.4 is 5.73 Å². The Hall–Kier alpha value is -2.88. The van der Waals surface area contributed by atoms with Crippen molar-refractivity contribution >= 4 is 33.4 Å². The number of amides is 1. The molecule has 1 saturated heterocycles. The molecule has 2 atom stereocenters. The fourth-order valence-electron chi connectivity index (χ4n) is 3.90. The fourth-order valence-corrected chi connectivity index (χ4v) is 4.91. The first-order chi connectivity index (χ1) is 16.1. The van der Waals surface area contributed by atoms with Gasteiger partial charge < -0.3 is 15.4 Å². The maximum absolute atomic E-state index is 13.5. The molecular weight excluding hydrogens is 443 g/mol. The minimum Gasteiger partial charge on any atom is -0.460 e. The number of fused-ring (bicyclic) bond motifs is 1. The van der Waals surface area contributed by atoms with Gasteiger partial charge >= 0.3 is 5.97 Å². The SMILES string of the molecule is NC(c1nc2ccccc2s1)C(C(=O)OCc1ccccc1)C(=O)N1CCN(CCF)CC1. The van der Waals surface area contributed by atoms with Gasteiger partial charge in [0.25, 0.3) is 0 Å². The van der Waals surface area contributed by atoms with Crippen LogP contribution in [0.25, 0.3) is 10.2 Å². The Morgan fingerprint density at radius 3 is 2.45 bits per heavy atom. The van der Waals surface area contributed by atoms with Crippen molar-refractivity contribution in [3.8, 4) is 0 Å². The Bertz CT molecular complexity index is 1050. The lowest BCUT2D eigenvalue weighted by molar-refractivity contribution is -0.158. The summed E-state index contributed by atoms with van der Waals surface area (Å²) in [6.45, 7) is 1.90. The van der Waals surface area contributed by atoms with Gasteiger partial charge in [0.15, 0.2) is 5.92 Å². The largest absolute Gasteiger partial charge is 0.460 e. The van der Waals surface area contributed by atoms with E-state index in [9.17, 15) is 14.0 Å². The Kier molecular flexibility index (Phi) is 7.64. The van der Waals surface area contributed by atoms with Crippen LogP contribution in [-0.2, 0) is 20.9 Å². The first-order valence-corrected chi connectivity index (χ1v) is 11.8. The number of thiazole rings is 1. The van der Waals surface area contributed by atoms with Gasteiger partial charge in [-0.25, -0.2) is 9.37 Å². The second kappa shape index (κ2) is 10.8. The normalized spacial score (nSPS) is 16.5. The van der Waals surface area contributed by atoms with E-state index in [0.717, 1.165) is 15.8 Å². The van der Waals surface area contributed by atoms with Crippen molar-refractivity contribution in [2.24, 2.45) is 11.7 Å². The topological polar surface area (TPSA) is 88.8 Å². The van der Waals surface area contributed by atoms with Crippen molar-refractivity contribution in [1.82, 2.24) is 14.8 Å². The molecule has 0 saturated carbocycles. The molecule has 3 aromatic rings. The number of halogens is 1. The second-order valence-corrected chi connectivity index (χ2v) is 9.03. The fraction of sp³-hybridized carbons (Fsp3) is 0.375. The summed E-state index contributed by atoms with van der Waals surface area (Å²) in [6.07, 6.45) is 0. The molecule has 2 unspecified atom stereocenters. The molecule has 9 heteroatoms. The van der Waals surface area contributed by atoms with Crippen LogP contribution in [-0.4, -0.2) is 66.1 Å². The highest BCUT2D eigenvalue weighted by Gasteiger charge is 2.40. The molecule has 2 aromatic carbocycles. The van der Waals surface area contributed by atoms with Gasteiger partial charge in [-0.05, 0) is 17.7 Å². The number of carbonyl (C=O) groups excluding carboxylic acids is 2. The van der Waals surface area contributed by atoms with Crippen LogP contribution >= 0.6 is 11.3 Å². The molecule has 0 bridgehead atoms. The zero-order valence-electron chi connectivity index (χ0n) is 18.2. The molecule has 2 N–H and O–H groups in total. The third-order valence-electron chi connectivity index (χ3n) is 5.78. The summed E-state index contributed by atoms with van der Waals surface area (Å²) in [5.74, 6) is -2.25. The number of hydrogen-bond acceptors (Lipinski definition) is 7. The number of rotatable bonds is 8. The molecule has 1 aromatic heterocycles. The number of alkyl halides is 1. The average molecular weight is 471 g/mol. The van der Waals surface area contributed by atoms with E-state index in [1.165, 1.54) is 11.3 Å². The van der Waals surface area contributed by atoms with E-state index in [1.807, 2.05) is 59.5 Å². The van der Waals surface area contributed by atoms with Gasteiger partial charge in [-0.15, -0.1) is 11.3 Å². The van der Waals surface area contributed by atoms with Gasteiger partial charge in [-0.2, -0.15) is 0 Å². The van der Waals surface area contributed by atoms with Crippen LogP contribution in [0.3, 0.4) is 0 Å². The number of carbonyl (C=O) groups is 2. The maximum atomic E-state index is 13.5. The zero-order chi connectivity index (χ0) is 23.2. The highest BCUT2D eigenvalue weighted by Crippen LogP contribution is 2.31. The van der Waals surface area contributed by atoms with Gasteiger partial charge in [0, 0.05) is 32.7 Å². The standard InChI is InChI=1S/C24H27FN4O3S/c25-10-11-28-12-14-29(15-13-28)23(30)20(24(31)32-16-17-6-2-1-3-7-17)21(26)22-27-18-8-4-5-9-19(18)33-22/h1-9,20-21H,10-16,26H2. The molecule has 7 nitrogen and oxygen atoms in total. The van der Waals surface area contributed by atoms with Gasteiger partial charge in [0.2, 0.25) is 5.91 Å². The smallest absolute Gasteiger partial charge is 0.320 e. The molecule has 0 radical (unpaired) electrons. The lowest BCUT2D eigenvalue weighted by Crippen LogP contribution is -2.53. The molecule has 1 amide bonds. The van der Waals surface area contributed by atoms with Crippen LogP contribution in [0.1, 0.15) is 16.6 Å². The van der Waals surface area contributed by atoms with Crippen LogP contribution in [0.2, 0.25) is 0 Å². The third kappa shape index (κ3) is 5.55. The molecule has 2 heterocycles. The maximum Gasteiger partial charge on any atom is 0.320 e. The lowest BCUT2D eigenvalue weighted by Gasteiger charge is -2.36. The van der Waals surface area contributed by atoms with E-state index >= 15 is 0 Å². The highest BCUT2D eigenvalue weighted by atomic mass is 32.1. The predicted molar refractivity (Wildman–Crippen MR) is 125 cm³/mol. The number of nitrogens with two attached hydrogens (primary N) is 1. The molecule has 0 aliphatic carbocycles. The monoisotopic (exact) mass is 470 g/mol. The molecule has 1 aliphatic rings. The van der Waals surface area contributed by atoms with Crippen molar-refractivity contribution < 1.29 is 18.7 Å². The highest BCUT2D eigenvalue weighted by molar-refractivity contribution is 7.18. The number of aromatic nitrogens is 1. The summed E-state index contributed by atoms with van der Waals surface area (Å²) in [5, 5.41) is 0.516. The molecule has 1 aliphatic heterocycles. The van der Waals surface area contributed by atoms with Crippen molar-refractivity contribution in [2.75, 3.05) is 39.4 Å². The first-order valence-electron chi connectivity index (χ1n) is 11.0. The molecule has 33 heavy (non-hydrogen) atoms. The van der Waals surface area contributed by atoms with E-state index in [2.05, 4.69) is 4.98 Å². The van der Waals surface area contributed by atoms with Gasteiger partial charge in [0.05, 0.1) is 16.3 Å². The molecular formula is C24H27FN4O3S. The predicted octanol–water partition coefficient (Wildman–Crippen LogP) is 2.77. The van der Waals surface area contributed by atoms with Crippen LogP contribution in [0.5, 0.6) is 0 Å². The van der Waals surface area contributed by atoms with E-state index in [-0.39, 0.29) is 12.5 Å². The van der Waals surface area contributed by atoms with Crippen molar-refractivity contribution in [3.05, 3.63) is 65.2 Å². The number of ether oxygens (including phenoxy) is 1. The third-order valence-corrected chi connectivity index (χ3v) is 6.92. The molecule has 0 spiro atoms. The molecule has 174 valence electrons. The van der Waals surface area contributed by atoms with E-state index in [4.69, 9.17) is 10.5 Å². The van der Waals surface area contributed by atoms with E-state index < -0.39 is 24.6 Å².